The van der Waals surface area contributed by atoms with E-state index < -0.39 is 7.37 Å². The summed E-state index contributed by atoms with van der Waals surface area (Å²) in [6, 6.07) is 0. The van der Waals surface area contributed by atoms with Crippen LogP contribution in [0.25, 0.3) is 0 Å². The van der Waals surface area contributed by atoms with E-state index >= 15 is 0 Å². The van der Waals surface area contributed by atoms with Gasteiger partial charge in [0, 0.05) is 38.8 Å². The van der Waals surface area contributed by atoms with Gasteiger partial charge in [0.05, 0.1) is 6.61 Å². The van der Waals surface area contributed by atoms with Gasteiger partial charge in [-0.25, -0.2) is 0 Å². The first-order valence-electron chi connectivity index (χ1n) is 7.16. The quantitative estimate of drug-likeness (QED) is 0.375. The van der Waals surface area contributed by atoms with Crippen molar-refractivity contribution in [2.24, 2.45) is 9.98 Å². The van der Waals surface area contributed by atoms with Crippen molar-refractivity contribution in [3.8, 4) is 0 Å². The smallest absolute Gasteiger partial charge is 0.197 e. The Morgan fingerprint density at radius 3 is 1.27 bits per heavy atom. The Balaban J connectivity index is -0.0000000594. The Labute approximate surface area is 140 Å². The summed E-state index contributed by atoms with van der Waals surface area (Å²) in [7, 11) is 1.44. The number of hydrogen-bond acceptors (Lipinski definition) is 4. The van der Waals surface area contributed by atoms with E-state index in [-0.39, 0.29) is 0 Å². The first kappa shape index (κ1) is 32.8. The van der Waals surface area contributed by atoms with Crippen molar-refractivity contribution >= 4 is 18.8 Å². The third kappa shape index (κ3) is 76.0. The number of hydrogen-bond donors (Lipinski definition) is 0. The second kappa shape index (κ2) is 28.2. The van der Waals surface area contributed by atoms with Crippen molar-refractivity contribution in [3.63, 3.8) is 0 Å². The summed E-state index contributed by atoms with van der Waals surface area (Å²) in [4.78, 5) is 7.73. The Morgan fingerprint density at radius 1 is 0.955 bits per heavy atom. The van der Waals surface area contributed by atoms with Crippen LogP contribution in [0.2, 0.25) is 0 Å². The molecule has 0 unspecified atom stereocenters. The molecule has 0 aliphatic rings. The molecule has 134 valence electrons. The van der Waals surface area contributed by atoms with E-state index in [0.29, 0.717) is 6.61 Å². The lowest BCUT2D eigenvalue weighted by atomic mass is 10.3. The minimum Gasteiger partial charge on any atom is -0.329 e. The van der Waals surface area contributed by atoms with Gasteiger partial charge in [0.2, 0.25) is 0 Å². The molecular formula is C17H39N2O2P. The summed E-state index contributed by atoms with van der Waals surface area (Å²) in [5, 5.41) is 0. The van der Waals surface area contributed by atoms with Gasteiger partial charge in [-0.1, -0.05) is 6.92 Å². The van der Waals surface area contributed by atoms with Crippen LogP contribution in [-0.2, 0) is 9.09 Å². The predicted octanol–water partition coefficient (Wildman–Crippen LogP) is 5.75. The van der Waals surface area contributed by atoms with Crippen molar-refractivity contribution in [1.82, 2.24) is 0 Å². The molecule has 0 rings (SSSR count). The van der Waals surface area contributed by atoms with Gasteiger partial charge in [0.15, 0.2) is 7.37 Å². The van der Waals surface area contributed by atoms with Crippen molar-refractivity contribution in [2.75, 3.05) is 34.0 Å². The molecule has 0 saturated carbocycles. The van der Waals surface area contributed by atoms with E-state index in [0.717, 1.165) is 12.1 Å². The van der Waals surface area contributed by atoms with Crippen LogP contribution < -0.4 is 0 Å². The summed E-state index contributed by atoms with van der Waals surface area (Å²) < 4.78 is 15.4. The zero-order valence-electron chi connectivity index (χ0n) is 16.4. The van der Waals surface area contributed by atoms with Crippen LogP contribution >= 0.6 is 7.37 Å². The Bertz CT molecular complexity index is 302. The molecular weight excluding hydrogens is 295 g/mol. The zero-order chi connectivity index (χ0) is 19.2. The van der Waals surface area contributed by atoms with E-state index in [4.69, 9.17) is 4.52 Å². The summed E-state index contributed by atoms with van der Waals surface area (Å²) in [6.07, 6.45) is 1.08. The van der Waals surface area contributed by atoms with Gasteiger partial charge in [-0.15, -0.1) is 26.3 Å². The largest absolute Gasteiger partial charge is 0.329 e. The summed E-state index contributed by atoms with van der Waals surface area (Å²) >= 11 is 0. The second-order valence-electron chi connectivity index (χ2n) is 4.15. The van der Waals surface area contributed by atoms with Gasteiger partial charge >= 0.3 is 0 Å². The van der Waals surface area contributed by atoms with Crippen LogP contribution in [0.1, 0.15) is 41.0 Å². The third-order valence-corrected chi connectivity index (χ3v) is 2.66. The van der Waals surface area contributed by atoms with Gasteiger partial charge in [-0.05, 0) is 34.1 Å². The summed E-state index contributed by atoms with van der Waals surface area (Å²) in [6.45, 7) is 25.7. The molecule has 5 heteroatoms. The normalized spacial score (nSPS) is 9.05. The van der Waals surface area contributed by atoms with Gasteiger partial charge in [0.25, 0.3) is 0 Å². The highest BCUT2D eigenvalue weighted by Gasteiger charge is 2.02. The topological polar surface area (TPSA) is 51.0 Å². The molecule has 0 aromatic heterocycles. The van der Waals surface area contributed by atoms with E-state index in [9.17, 15) is 4.57 Å². The van der Waals surface area contributed by atoms with E-state index in [1.165, 1.54) is 5.71 Å². The zero-order valence-corrected chi connectivity index (χ0v) is 17.3. The maximum Gasteiger partial charge on any atom is 0.197 e. The fourth-order valence-corrected chi connectivity index (χ4v) is 1.09. The van der Waals surface area contributed by atoms with E-state index in [1.54, 1.807) is 20.4 Å². The molecule has 0 radical (unpaired) electrons. The molecule has 0 aliphatic carbocycles. The molecule has 0 amide bonds. The van der Waals surface area contributed by atoms with Gasteiger partial charge in [0.1, 0.15) is 0 Å². The molecule has 0 heterocycles. The van der Waals surface area contributed by atoms with Gasteiger partial charge < -0.3 is 4.52 Å². The number of rotatable bonds is 3. The van der Waals surface area contributed by atoms with Crippen LogP contribution in [0.15, 0.2) is 36.3 Å². The molecule has 4 nitrogen and oxygen atoms in total. The minimum atomic E-state index is -2.17. The van der Waals surface area contributed by atoms with Gasteiger partial charge in [-0.3, -0.25) is 14.5 Å². The Morgan fingerprint density at radius 2 is 1.27 bits per heavy atom. The Kier molecular flexibility index (Phi) is 42.1. The Hall–Kier alpha value is -0.990. The summed E-state index contributed by atoms with van der Waals surface area (Å²) in [5.74, 6) is 0. The maximum absolute atomic E-state index is 10.6. The molecule has 0 aromatic carbocycles. The molecule has 0 atom stereocenters. The molecule has 0 aromatic rings. The number of nitrogens with zero attached hydrogens (tertiary/aromatic N) is 2. The van der Waals surface area contributed by atoms with Crippen molar-refractivity contribution < 1.29 is 9.09 Å². The molecule has 0 bridgehead atoms. The fraction of sp³-hybridized carbons (Fsp3) is 0.647. The predicted molar refractivity (Wildman–Crippen MR) is 108 cm³/mol. The lowest BCUT2D eigenvalue weighted by Gasteiger charge is -2.02. The summed E-state index contributed by atoms with van der Waals surface area (Å²) in [5.41, 5.74) is 2.35. The van der Waals surface area contributed by atoms with Gasteiger partial charge in [-0.2, -0.15) is 0 Å². The first-order valence-corrected chi connectivity index (χ1v) is 9.68. The van der Waals surface area contributed by atoms with Crippen LogP contribution in [0, 0.1) is 0 Å². The maximum atomic E-state index is 10.6. The molecule has 0 aliphatic heterocycles. The highest BCUT2D eigenvalue weighted by Crippen LogP contribution is 2.36. The lowest BCUT2D eigenvalue weighted by molar-refractivity contribution is 0.341. The minimum absolute atomic E-state index is 0.546. The SMILES string of the molecule is C=C.C=C.CCC(C)=NC.CCOP(C)(C)=O.CN=C(C)C. The average molecular weight is 334 g/mol. The monoisotopic (exact) mass is 334 g/mol. The highest BCUT2D eigenvalue weighted by molar-refractivity contribution is 7.57. The van der Waals surface area contributed by atoms with Crippen molar-refractivity contribution in [2.45, 2.75) is 41.0 Å². The first-order chi connectivity index (χ1) is 10.1. The third-order valence-electron chi connectivity index (χ3n) is 1.78. The average Bonchev–Trinajstić information content (AvgIpc) is 2.50. The molecule has 0 N–H and O–H groups in total. The van der Waals surface area contributed by atoms with Crippen LogP contribution in [-0.4, -0.2) is 45.5 Å². The standard InChI is InChI=1S/C5H11N.C4H9N.C4H11O2P.2C2H4/c1-4-5(2)6-3;1-4(2)5-3;1-4-6-7(2,3)5;2*1-2/h4H2,1-3H3;1-3H3;4H2,1-3H3;2*1-2H2. The molecule has 22 heavy (non-hydrogen) atoms. The van der Waals surface area contributed by atoms with Crippen molar-refractivity contribution in [3.05, 3.63) is 26.3 Å². The van der Waals surface area contributed by atoms with E-state index in [1.807, 2.05) is 34.7 Å². The van der Waals surface area contributed by atoms with E-state index in [2.05, 4.69) is 43.2 Å². The van der Waals surface area contributed by atoms with Crippen LogP contribution in [0.5, 0.6) is 0 Å². The molecule has 0 saturated heterocycles. The lowest BCUT2D eigenvalue weighted by Crippen LogP contribution is -1.83. The molecule has 0 fully saturated rings. The molecule has 0 spiro atoms. The second-order valence-corrected chi connectivity index (χ2v) is 6.92. The van der Waals surface area contributed by atoms with Crippen molar-refractivity contribution in [1.29, 1.82) is 0 Å². The fourth-order valence-electron chi connectivity index (χ4n) is 0.469. The number of aliphatic imine (C=N–C) groups is 2. The van der Waals surface area contributed by atoms with Crippen LogP contribution in [0.4, 0.5) is 0 Å². The highest BCUT2D eigenvalue weighted by atomic mass is 31.2. The van der Waals surface area contributed by atoms with Crippen LogP contribution in [0.3, 0.4) is 0 Å².